The SMILES string of the molecule is CC(C)n1[nH]c(=O)c2ccc(Nc3cc(N[C@H](CO)c4ccccc4)c(-c4nc(C(C)(C)O)no4)cn3)cc21. The fraction of sp³-hybridized carbons (Fsp3) is 0.286. The molecule has 0 amide bonds. The van der Waals surface area contributed by atoms with Crippen LogP contribution in [0.3, 0.4) is 0 Å². The van der Waals surface area contributed by atoms with Gasteiger partial charge >= 0.3 is 0 Å². The molecule has 0 saturated heterocycles. The van der Waals surface area contributed by atoms with Crippen LogP contribution >= 0.6 is 0 Å². The normalized spacial score (nSPS) is 12.7. The zero-order chi connectivity index (χ0) is 27.7. The molecular formula is C28H31N7O4. The van der Waals surface area contributed by atoms with Gasteiger partial charge in [-0.05, 0) is 51.5 Å². The second kappa shape index (κ2) is 10.4. The first-order chi connectivity index (χ1) is 18.6. The van der Waals surface area contributed by atoms with E-state index in [-0.39, 0.29) is 29.9 Å². The number of aromatic nitrogens is 5. The molecule has 39 heavy (non-hydrogen) atoms. The molecule has 0 bridgehead atoms. The summed E-state index contributed by atoms with van der Waals surface area (Å²) >= 11 is 0. The summed E-state index contributed by atoms with van der Waals surface area (Å²) in [7, 11) is 0. The number of aliphatic hydroxyl groups is 2. The van der Waals surface area contributed by atoms with Crippen LogP contribution < -0.4 is 16.2 Å². The van der Waals surface area contributed by atoms with Crippen molar-refractivity contribution < 1.29 is 14.7 Å². The van der Waals surface area contributed by atoms with Gasteiger partial charge in [0.15, 0.2) is 0 Å². The molecule has 0 unspecified atom stereocenters. The maximum absolute atomic E-state index is 12.3. The van der Waals surface area contributed by atoms with Crippen molar-refractivity contribution in [2.45, 2.75) is 45.4 Å². The maximum atomic E-state index is 12.3. The van der Waals surface area contributed by atoms with E-state index in [0.29, 0.717) is 22.5 Å². The van der Waals surface area contributed by atoms with Gasteiger partial charge in [0.2, 0.25) is 5.82 Å². The van der Waals surface area contributed by atoms with Crippen LogP contribution in [-0.2, 0) is 5.60 Å². The molecule has 0 aliphatic heterocycles. The third-order valence-corrected chi connectivity index (χ3v) is 6.33. The Labute approximate surface area is 224 Å². The van der Waals surface area contributed by atoms with E-state index < -0.39 is 11.6 Å². The van der Waals surface area contributed by atoms with Crippen molar-refractivity contribution in [3.63, 3.8) is 0 Å². The number of H-pyrrole nitrogens is 1. The van der Waals surface area contributed by atoms with Crippen molar-refractivity contribution >= 4 is 28.1 Å². The monoisotopic (exact) mass is 529 g/mol. The molecule has 202 valence electrons. The quantitative estimate of drug-likeness (QED) is 0.186. The van der Waals surface area contributed by atoms with Crippen LogP contribution in [0.5, 0.6) is 0 Å². The summed E-state index contributed by atoms with van der Waals surface area (Å²) in [5, 5.41) is 34.6. The van der Waals surface area contributed by atoms with Gasteiger partial charge in [0.25, 0.3) is 11.4 Å². The highest BCUT2D eigenvalue weighted by Crippen LogP contribution is 2.33. The Morgan fingerprint density at radius 3 is 2.56 bits per heavy atom. The van der Waals surface area contributed by atoms with E-state index in [4.69, 9.17) is 4.52 Å². The Hall–Kier alpha value is -4.48. The standard InChI is InChI=1S/C28H31N7O4/c1-16(2)35-23-12-18(10-11-19(23)25(37)33-35)30-24-13-21(31-22(15-36)17-8-6-5-7-9-17)20(14-29-24)26-32-27(34-39-26)28(3,4)38/h5-14,16,22,36,38H,15H2,1-4H3,(H,33,37)(H2,29,30,31)/t22-/m1/s1. The predicted octanol–water partition coefficient (Wildman–Crippen LogP) is 4.47. The van der Waals surface area contributed by atoms with E-state index in [2.05, 4.69) is 30.9 Å². The minimum atomic E-state index is -1.28. The first kappa shape index (κ1) is 26.1. The number of aromatic amines is 1. The summed E-state index contributed by atoms with van der Waals surface area (Å²) in [4.78, 5) is 21.2. The lowest BCUT2D eigenvalue weighted by Gasteiger charge is -2.20. The first-order valence-corrected chi connectivity index (χ1v) is 12.6. The Balaban J connectivity index is 1.54. The van der Waals surface area contributed by atoms with Crippen molar-refractivity contribution in [3.05, 3.63) is 82.5 Å². The molecule has 5 rings (SSSR count). The molecule has 5 N–H and O–H groups in total. The average Bonchev–Trinajstić information content (AvgIpc) is 3.53. The highest BCUT2D eigenvalue weighted by molar-refractivity contribution is 5.84. The van der Waals surface area contributed by atoms with Gasteiger partial charge < -0.3 is 25.4 Å². The van der Waals surface area contributed by atoms with Crippen LogP contribution in [0.2, 0.25) is 0 Å². The molecule has 0 saturated carbocycles. The second-order valence-electron chi connectivity index (χ2n) is 10.1. The molecule has 0 spiro atoms. The Morgan fingerprint density at radius 2 is 1.90 bits per heavy atom. The van der Waals surface area contributed by atoms with Crippen LogP contribution in [0, 0.1) is 0 Å². The number of fused-ring (bicyclic) bond motifs is 1. The number of hydrogen-bond donors (Lipinski definition) is 5. The molecule has 11 heteroatoms. The van der Waals surface area contributed by atoms with Gasteiger partial charge in [-0.25, -0.2) is 4.98 Å². The fourth-order valence-electron chi connectivity index (χ4n) is 4.29. The molecule has 3 aromatic heterocycles. The van der Waals surface area contributed by atoms with Gasteiger partial charge in [0, 0.05) is 24.0 Å². The van der Waals surface area contributed by atoms with Crippen LogP contribution in [0.4, 0.5) is 17.2 Å². The molecule has 0 fully saturated rings. The number of rotatable bonds is 9. The van der Waals surface area contributed by atoms with Crippen molar-refractivity contribution in [1.82, 2.24) is 24.9 Å². The van der Waals surface area contributed by atoms with E-state index >= 15 is 0 Å². The number of pyridine rings is 1. The van der Waals surface area contributed by atoms with Crippen molar-refractivity contribution in [1.29, 1.82) is 0 Å². The third kappa shape index (κ3) is 5.40. The van der Waals surface area contributed by atoms with E-state index in [1.165, 1.54) is 0 Å². The van der Waals surface area contributed by atoms with Crippen LogP contribution in [-0.4, -0.2) is 41.7 Å². The number of nitrogens with one attached hydrogen (secondary N) is 3. The summed E-state index contributed by atoms with van der Waals surface area (Å²) in [6, 6.07) is 16.5. The van der Waals surface area contributed by atoms with E-state index in [0.717, 1.165) is 16.8 Å². The van der Waals surface area contributed by atoms with Gasteiger partial charge in [-0.2, -0.15) is 4.98 Å². The van der Waals surface area contributed by atoms with Gasteiger partial charge in [-0.3, -0.25) is 14.6 Å². The van der Waals surface area contributed by atoms with E-state index in [1.807, 2.05) is 61.0 Å². The topological polar surface area (TPSA) is 154 Å². The second-order valence-corrected chi connectivity index (χ2v) is 10.1. The summed E-state index contributed by atoms with van der Waals surface area (Å²) in [5.41, 5.74) is 2.09. The summed E-state index contributed by atoms with van der Waals surface area (Å²) in [6.07, 6.45) is 1.59. The summed E-state index contributed by atoms with van der Waals surface area (Å²) in [5.74, 6) is 0.832. The highest BCUT2D eigenvalue weighted by Gasteiger charge is 2.25. The largest absolute Gasteiger partial charge is 0.394 e. The van der Waals surface area contributed by atoms with Crippen LogP contribution in [0.15, 0.2) is 70.1 Å². The van der Waals surface area contributed by atoms with E-state index in [1.54, 1.807) is 32.2 Å². The van der Waals surface area contributed by atoms with Gasteiger partial charge in [0.05, 0.1) is 34.8 Å². The Bertz CT molecular complexity index is 1650. The highest BCUT2D eigenvalue weighted by atomic mass is 16.5. The van der Waals surface area contributed by atoms with E-state index in [9.17, 15) is 15.0 Å². The zero-order valence-corrected chi connectivity index (χ0v) is 22.1. The van der Waals surface area contributed by atoms with Crippen molar-refractivity contribution in [2.24, 2.45) is 0 Å². The smallest absolute Gasteiger partial charge is 0.271 e. The number of nitrogens with zero attached hydrogens (tertiary/aromatic N) is 4. The zero-order valence-electron chi connectivity index (χ0n) is 22.1. The maximum Gasteiger partial charge on any atom is 0.271 e. The predicted molar refractivity (Wildman–Crippen MR) is 149 cm³/mol. The lowest BCUT2D eigenvalue weighted by molar-refractivity contribution is 0.0661. The third-order valence-electron chi connectivity index (χ3n) is 6.33. The first-order valence-electron chi connectivity index (χ1n) is 12.6. The van der Waals surface area contributed by atoms with Crippen molar-refractivity contribution in [3.8, 4) is 11.5 Å². The molecule has 5 aromatic rings. The van der Waals surface area contributed by atoms with Crippen molar-refractivity contribution in [2.75, 3.05) is 17.2 Å². The van der Waals surface area contributed by atoms with Gasteiger partial charge in [-0.1, -0.05) is 35.5 Å². The summed E-state index contributed by atoms with van der Waals surface area (Å²) in [6.45, 7) is 6.98. The summed E-state index contributed by atoms with van der Waals surface area (Å²) < 4.78 is 7.29. The Morgan fingerprint density at radius 1 is 1.13 bits per heavy atom. The molecule has 3 heterocycles. The van der Waals surface area contributed by atoms with Crippen LogP contribution in [0.25, 0.3) is 22.4 Å². The lowest BCUT2D eigenvalue weighted by Crippen LogP contribution is -2.17. The van der Waals surface area contributed by atoms with Crippen LogP contribution in [0.1, 0.15) is 51.2 Å². The number of hydrogen-bond acceptors (Lipinski definition) is 9. The molecule has 0 aliphatic carbocycles. The average molecular weight is 530 g/mol. The molecule has 2 aromatic carbocycles. The number of anilines is 3. The Kier molecular flexibility index (Phi) is 6.94. The number of aliphatic hydroxyl groups excluding tert-OH is 1. The fourth-order valence-corrected chi connectivity index (χ4v) is 4.29. The van der Waals surface area contributed by atoms with Gasteiger partial charge in [-0.15, -0.1) is 0 Å². The van der Waals surface area contributed by atoms with Gasteiger partial charge in [0.1, 0.15) is 11.4 Å². The lowest BCUT2D eigenvalue weighted by atomic mass is 10.1. The molecule has 0 aliphatic rings. The minimum Gasteiger partial charge on any atom is -0.394 e. The molecule has 0 radical (unpaired) electrons. The number of benzene rings is 2. The minimum absolute atomic E-state index is 0.0789. The molecular weight excluding hydrogens is 498 g/mol. The molecule has 11 nitrogen and oxygen atoms in total. The molecule has 1 atom stereocenters.